The Kier molecular flexibility index (Phi) is 4.66. The summed E-state index contributed by atoms with van der Waals surface area (Å²) in [6.07, 6.45) is 0. The predicted octanol–water partition coefficient (Wildman–Crippen LogP) is 3.07. The second kappa shape index (κ2) is 6.70. The van der Waals surface area contributed by atoms with Gasteiger partial charge in [-0.3, -0.25) is 9.59 Å². The van der Waals surface area contributed by atoms with E-state index in [2.05, 4.69) is 0 Å². The maximum Gasteiger partial charge on any atom is 0.272 e. The molecule has 0 saturated heterocycles. The second-order valence-electron chi connectivity index (χ2n) is 5.03. The number of benzene rings is 1. The molecule has 2 aromatic rings. The number of anilines is 1. The third-order valence-electron chi connectivity index (χ3n) is 3.44. The topological polar surface area (TPSA) is 57.6 Å². The van der Waals surface area contributed by atoms with E-state index in [1.54, 1.807) is 12.1 Å². The van der Waals surface area contributed by atoms with Crippen molar-refractivity contribution < 1.29 is 14.7 Å². The van der Waals surface area contributed by atoms with Crippen LogP contribution in [0.2, 0.25) is 0 Å². The summed E-state index contributed by atoms with van der Waals surface area (Å²) in [7, 11) is 0. The molecular weight excluding hydrogens is 330 g/mol. The van der Waals surface area contributed by atoms with Gasteiger partial charge in [0.1, 0.15) is 0 Å². The number of aryl methyl sites for hydroxylation is 1. The zero-order valence-corrected chi connectivity index (χ0v) is 14.1. The van der Waals surface area contributed by atoms with Crippen LogP contribution in [0.4, 0.5) is 5.69 Å². The highest BCUT2D eigenvalue weighted by Gasteiger charge is 2.40. The minimum absolute atomic E-state index is 0.0438. The van der Waals surface area contributed by atoms with Crippen LogP contribution in [0, 0.1) is 6.92 Å². The average molecular weight is 345 g/mol. The summed E-state index contributed by atoms with van der Waals surface area (Å²) in [6, 6.07) is 11.0. The zero-order valence-electron chi connectivity index (χ0n) is 12.5. The molecule has 23 heavy (non-hydrogen) atoms. The summed E-state index contributed by atoms with van der Waals surface area (Å²) < 4.78 is 0. The van der Waals surface area contributed by atoms with Crippen molar-refractivity contribution in [3.63, 3.8) is 0 Å². The molecular formula is C17H15NO3S2. The van der Waals surface area contributed by atoms with Gasteiger partial charge in [0, 0.05) is 10.6 Å². The highest BCUT2D eigenvalue weighted by molar-refractivity contribution is 8.04. The van der Waals surface area contributed by atoms with Crippen LogP contribution in [0.5, 0.6) is 0 Å². The second-order valence-corrected chi connectivity index (χ2v) is 7.09. The van der Waals surface area contributed by atoms with Gasteiger partial charge in [0.2, 0.25) is 0 Å². The van der Waals surface area contributed by atoms with Crippen LogP contribution in [0.15, 0.2) is 46.7 Å². The zero-order chi connectivity index (χ0) is 16.4. The summed E-state index contributed by atoms with van der Waals surface area (Å²) in [6.45, 7) is 1.91. The number of hydrogen-bond acceptors (Lipinski definition) is 5. The molecule has 2 amide bonds. The summed E-state index contributed by atoms with van der Waals surface area (Å²) in [5.41, 5.74) is 2.07. The monoisotopic (exact) mass is 345 g/mol. The molecule has 0 radical (unpaired) electrons. The molecule has 0 atom stereocenters. The van der Waals surface area contributed by atoms with Crippen molar-refractivity contribution in [3.8, 4) is 0 Å². The number of thioether (sulfide) groups is 1. The molecule has 1 aromatic heterocycles. The molecule has 1 N–H and O–H groups in total. The number of nitrogens with zero attached hydrogens (tertiary/aromatic N) is 1. The van der Waals surface area contributed by atoms with Gasteiger partial charge in [0.25, 0.3) is 11.8 Å². The lowest BCUT2D eigenvalue weighted by atomic mass is 10.2. The lowest BCUT2D eigenvalue weighted by molar-refractivity contribution is -0.119. The molecule has 0 saturated carbocycles. The van der Waals surface area contributed by atoms with Gasteiger partial charge in [0.05, 0.1) is 22.8 Å². The molecule has 2 heterocycles. The van der Waals surface area contributed by atoms with Crippen LogP contribution in [-0.4, -0.2) is 29.3 Å². The van der Waals surface area contributed by atoms with Crippen LogP contribution >= 0.6 is 23.1 Å². The standard InChI is InChI=1S/C17H15NO3S2/c1-11-4-6-12(7-5-11)18-16(20)14(13-3-2-9-22-13)15(17(18)21)23-10-8-19/h2-7,9,19H,8,10H2,1H3. The van der Waals surface area contributed by atoms with Crippen molar-refractivity contribution in [2.45, 2.75) is 6.92 Å². The Balaban J connectivity index is 2.03. The van der Waals surface area contributed by atoms with Gasteiger partial charge in [-0.2, -0.15) is 0 Å². The quantitative estimate of drug-likeness (QED) is 0.846. The average Bonchev–Trinajstić information content (AvgIpc) is 3.14. The normalized spacial score (nSPS) is 15.0. The lowest BCUT2D eigenvalue weighted by Gasteiger charge is -2.15. The van der Waals surface area contributed by atoms with E-state index in [9.17, 15) is 9.59 Å². The number of rotatable bonds is 5. The molecule has 1 aliphatic rings. The highest BCUT2D eigenvalue weighted by atomic mass is 32.2. The maximum absolute atomic E-state index is 12.9. The molecule has 0 unspecified atom stereocenters. The summed E-state index contributed by atoms with van der Waals surface area (Å²) in [4.78, 5) is 28.0. The van der Waals surface area contributed by atoms with Crippen LogP contribution in [0.1, 0.15) is 10.4 Å². The number of carbonyl (C=O) groups excluding carboxylic acids is 2. The van der Waals surface area contributed by atoms with Crippen molar-refractivity contribution in [1.29, 1.82) is 0 Å². The first-order chi connectivity index (χ1) is 11.1. The smallest absolute Gasteiger partial charge is 0.272 e. The van der Waals surface area contributed by atoms with E-state index >= 15 is 0 Å². The third kappa shape index (κ3) is 2.97. The lowest BCUT2D eigenvalue weighted by Crippen LogP contribution is -2.31. The van der Waals surface area contributed by atoms with Crippen molar-refractivity contribution in [1.82, 2.24) is 0 Å². The van der Waals surface area contributed by atoms with E-state index in [0.717, 1.165) is 10.4 Å². The Labute approximate surface area is 142 Å². The number of imide groups is 1. The predicted molar refractivity (Wildman–Crippen MR) is 94.5 cm³/mol. The van der Waals surface area contributed by atoms with Crippen molar-refractivity contribution >= 4 is 46.2 Å². The molecule has 1 aliphatic heterocycles. The first kappa shape index (κ1) is 16.0. The Morgan fingerprint density at radius 2 is 1.87 bits per heavy atom. The minimum atomic E-state index is -0.319. The molecule has 118 valence electrons. The number of carbonyl (C=O) groups is 2. The minimum Gasteiger partial charge on any atom is -0.396 e. The first-order valence-corrected chi connectivity index (χ1v) is 8.97. The van der Waals surface area contributed by atoms with Gasteiger partial charge in [-0.05, 0) is 30.5 Å². The molecule has 0 fully saturated rings. The molecule has 0 aliphatic carbocycles. The molecule has 0 bridgehead atoms. The molecule has 1 aromatic carbocycles. The molecule has 0 spiro atoms. The Morgan fingerprint density at radius 3 is 2.48 bits per heavy atom. The van der Waals surface area contributed by atoms with Crippen molar-refractivity contribution in [2.75, 3.05) is 17.3 Å². The Hall–Kier alpha value is -1.89. The van der Waals surface area contributed by atoms with Gasteiger partial charge in [-0.25, -0.2) is 4.90 Å². The van der Waals surface area contributed by atoms with E-state index in [0.29, 0.717) is 21.9 Å². The van der Waals surface area contributed by atoms with Crippen LogP contribution in [0.3, 0.4) is 0 Å². The SMILES string of the molecule is Cc1ccc(N2C(=O)C(SCCO)=C(c3cccs3)C2=O)cc1. The number of aliphatic hydroxyl groups is 1. The fourth-order valence-electron chi connectivity index (χ4n) is 2.36. The fraction of sp³-hybridized carbons (Fsp3) is 0.176. The van der Waals surface area contributed by atoms with Crippen LogP contribution < -0.4 is 4.90 Å². The van der Waals surface area contributed by atoms with E-state index in [1.807, 2.05) is 36.6 Å². The molecule has 6 heteroatoms. The van der Waals surface area contributed by atoms with E-state index in [-0.39, 0.29) is 18.4 Å². The van der Waals surface area contributed by atoms with Gasteiger partial charge < -0.3 is 5.11 Å². The number of amides is 2. The summed E-state index contributed by atoms with van der Waals surface area (Å²) in [5, 5.41) is 10.9. The molecule has 4 nitrogen and oxygen atoms in total. The van der Waals surface area contributed by atoms with Gasteiger partial charge >= 0.3 is 0 Å². The highest BCUT2D eigenvalue weighted by Crippen LogP contribution is 2.39. The fourth-order valence-corrected chi connectivity index (χ4v) is 4.04. The summed E-state index contributed by atoms with van der Waals surface area (Å²) >= 11 is 2.66. The van der Waals surface area contributed by atoms with Crippen LogP contribution in [0.25, 0.3) is 5.57 Å². The van der Waals surface area contributed by atoms with Crippen molar-refractivity contribution in [2.24, 2.45) is 0 Å². The number of hydrogen-bond donors (Lipinski definition) is 1. The van der Waals surface area contributed by atoms with Gasteiger partial charge in [-0.1, -0.05) is 23.8 Å². The van der Waals surface area contributed by atoms with Gasteiger partial charge in [0.15, 0.2) is 0 Å². The first-order valence-electron chi connectivity index (χ1n) is 7.10. The van der Waals surface area contributed by atoms with Crippen molar-refractivity contribution in [3.05, 3.63) is 57.1 Å². The van der Waals surface area contributed by atoms with E-state index in [4.69, 9.17) is 5.11 Å². The molecule has 3 rings (SSSR count). The van der Waals surface area contributed by atoms with Crippen LogP contribution in [-0.2, 0) is 9.59 Å². The Morgan fingerprint density at radius 1 is 1.13 bits per heavy atom. The number of thiophene rings is 1. The third-order valence-corrected chi connectivity index (χ3v) is 5.38. The maximum atomic E-state index is 12.9. The summed E-state index contributed by atoms with van der Waals surface area (Å²) in [5.74, 6) is -0.243. The van der Waals surface area contributed by atoms with E-state index in [1.165, 1.54) is 28.0 Å². The van der Waals surface area contributed by atoms with Gasteiger partial charge in [-0.15, -0.1) is 23.1 Å². The number of aliphatic hydroxyl groups excluding tert-OH is 1. The van der Waals surface area contributed by atoms with E-state index < -0.39 is 0 Å². The Bertz CT molecular complexity index is 764. The largest absolute Gasteiger partial charge is 0.396 e.